The molecule has 3 aromatic rings. The van der Waals surface area contributed by atoms with Gasteiger partial charge in [0.25, 0.3) is 5.91 Å². The summed E-state index contributed by atoms with van der Waals surface area (Å²) in [5, 5.41) is 10.0. The van der Waals surface area contributed by atoms with Crippen molar-refractivity contribution in [3.05, 3.63) is 72.5 Å². The predicted molar refractivity (Wildman–Crippen MR) is 102 cm³/mol. The molecular weight excluding hydrogens is 383 g/mol. The number of aromatic nitrogens is 3. The Morgan fingerprint density at radius 3 is 2.79 bits per heavy atom. The molecule has 0 aliphatic carbocycles. The first-order valence-electron chi connectivity index (χ1n) is 8.62. The number of nitrogens with zero attached hydrogens (tertiary/aromatic N) is 3. The number of H-pyrrole nitrogens is 1. The Balaban J connectivity index is 1.62. The third-order valence-corrected chi connectivity index (χ3v) is 4.31. The van der Waals surface area contributed by atoms with E-state index in [1.807, 2.05) is 24.3 Å². The standard InChI is InChI=1S/C20H14F3N5O/c21-20(22,23)17-5-1-4-14(11-25-17)26-19(29)18-15-9-12(6-7-16(15)27-28-18)13-3-2-8-24-10-13/h1-3,5-11H,4H2,(H,26,29)(H,27,28). The van der Waals surface area contributed by atoms with E-state index < -0.39 is 17.8 Å². The first kappa shape index (κ1) is 18.6. The Hall–Kier alpha value is -3.75. The van der Waals surface area contributed by atoms with Crippen LogP contribution in [0.25, 0.3) is 22.0 Å². The van der Waals surface area contributed by atoms with Crippen LogP contribution in [0.4, 0.5) is 13.2 Å². The number of halogens is 3. The third kappa shape index (κ3) is 3.93. The number of carbonyl (C=O) groups excluding carboxylic acids is 1. The molecule has 0 fully saturated rings. The number of carbonyl (C=O) groups is 1. The van der Waals surface area contributed by atoms with E-state index in [2.05, 4.69) is 25.5 Å². The smallest absolute Gasteiger partial charge is 0.322 e. The van der Waals surface area contributed by atoms with Crippen molar-refractivity contribution >= 4 is 22.5 Å². The Morgan fingerprint density at radius 1 is 1.17 bits per heavy atom. The second-order valence-corrected chi connectivity index (χ2v) is 6.30. The Kier molecular flexibility index (Phi) is 4.71. The minimum Gasteiger partial charge on any atom is -0.322 e. The van der Waals surface area contributed by atoms with Crippen LogP contribution in [0.5, 0.6) is 0 Å². The van der Waals surface area contributed by atoms with Gasteiger partial charge < -0.3 is 5.32 Å². The number of aromatic amines is 1. The molecular formula is C20H14F3N5O. The van der Waals surface area contributed by atoms with E-state index in [4.69, 9.17) is 0 Å². The highest BCUT2D eigenvalue weighted by Gasteiger charge is 2.33. The van der Waals surface area contributed by atoms with Crippen LogP contribution in [0.3, 0.4) is 0 Å². The zero-order valence-corrected chi connectivity index (χ0v) is 14.9. The molecule has 1 aliphatic heterocycles. The van der Waals surface area contributed by atoms with E-state index in [0.717, 1.165) is 23.4 Å². The molecule has 6 nitrogen and oxygen atoms in total. The second-order valence-electron chi connectivity index (χ2n) is 6.30. The average Bonchev–Trinajstić information content (AvgIpc) is 2.98. The van der Waals surface area contributed by atoms with Gasteiger partial charge >= 0.3 is 6.18 Å². The Bertz CT molecular complexity index is 1160. The molecule has 2 aromatic heterocycles. The molecule has 2 N–H and O–H groups in total. The summed E-state index contributed by atoms with van der Waals surface area (Å²) >= 11 is 0. The van der Waals surface area contributed by atoms with E-state index >= 15 is 0 Å². The number of hydrogen-bond donors (Lipinski definition) is 2. The van der Waals surface area contributed by atoms with Crippen molar-refractivity contribution in [3.8, 4) is 11.1 Å². The monoisotopic (exact) mass is 397 g/mol. The van der Waals surface area contributed by atoms with Gasteiger partial charge in [-0.2, -0.15) is 18.3 Å². The molecule has 0 radical (unpaired) electrons. The summed E-state index contributed by atoms with van der Waals surface area (Å²) in [6.45, 7) is 0. The molecule has 0 bridgehead atoms. The van der Waals surface area contributed by atoms with Crippen LogP contribution in [-0.2, 0) is 0 Å². The number of allylic oxidation sites excluding steroid dienone is 2. The number of benzene rings is 1. The lowest BCUT2D eigenvalue weighted by atomic mass is 10.0. The minimum absolute atomic E-state index is 0.109. The lowest BCUT2D eigenvalue weighted by molar-refractivity contribution is -0.0576. The summed E-state index contributed by atoms with van der Waals surface area (Å²) in [7, 11) is 0. The van der Waals surface area contributed by atoms with Crippen LogP contribution in [0.2, 0.25) is 0 Å². The van der Waals surface area contributed by atoms with Crippen LogP contribution in [-0.4, -0.2) is 33.0 Å². The van der Waals surface area contributed by atoms with Gasteiger partial charge in [0.2, 0.25) is 0 Å². The van der Waals surface area contributed by atoms with Crippen LogP contribution in [0.15, 0.2) is 71.8 Å². The van der Waals surface area contributed by atoms with Gasteiger partial charge in [-0.1, -0.05) is 18.2 Å². The SMILES string of the molecule is O=C(NC1=CN=C(C(F)(F)F)C=CC1)c1n[nH]c2ccc(-c3cccnc3)cc12. The lowest BCUT2D eigenvalue weighted by Crippen LogP contribution is -2.23. The first-order valence-corrected chi connectivity index (χ1v) is 8.62. The molecule has 0 saturated heterocycles. The van der Waals surface area contributed by atoms with Gasteiger partial charge in [0.15, 0.2) is 5.69 Å². The number of pyridine rings is 1. The second kappa shape index (κ2) is 7.34. The molecule has 1 aliphatic rings. The van der Waals surface area contributed by atoms with E-state index in [0.29, 0.717) is 10.9 Å². The number of amides is 1. The first-order chi connectivity index (χ1) is 13.9. The maximum atomic E-state index is 12.8. The molecule has 4 rings (SSSR count). The van der Waals surface area contributed by atoms with Crippen molar-refractivity contribution in [1.82, 2.24) is 20.5 Å². The average molecular weight is 397 g/mol. The van der Waals surface area contributed by atoms with Gasteiger partial charge in [-0.15, -0.1) is 0 Å². The summed E-state index contributed by atoms with van der Waals surface area (Å²) < 4.78 is 38.3. The number of hydrogen-bond acceptors (Lipinski definition) is 4. The van der Waals surface area contributed by atoms with Gasteiger partial charge in [-0.3, -0.25) is 14.9 Å². The molecule has 29 heavy (non-hydrogen) atoms. The minimum atomic E-state index is -4.55. The van der Waals surface area contributed by atoms with Crippen molar-refractivity contribution in [2.45, 2.75) is 12.6 Å². The number of fused-ring (bicyclic) bond motifs is 1. The molecule has 1 amide bonds. The number of rotatable bonds is 3. The summed E-state index contributed by atoms with van der Waals surface area (Å²) in [6.07, 6.45) is 2.14. The zero-order valence-electron chi connectivity index (χ0n) is 14.9. The summed E-state index contributed by atoms with van der Waals surface area (Å²) in [6, 6.07) is 9.20. The fourth-order valence-electron chi connectivity index (χ4n) is 2.90. The topological polar surface area (TPSA) is 83.0 Å². The van der Waals surface area contributed by atoms with Gasteiger partial charge in [0.1, 0.15) is 5.71 Å². The number of alkyl halides is 3. The molecule has 146 valence electrons. The van der Waals surface area contributed by atoms with E-state index in [1.54, 1.807) is 18.5 Å². The molecule has 0 spiro atoms. The number of aliphatic imine (C=N–C) groups is 1. The van der Waals surface area contributed by atoms with E-state index in [-0.39, 0.29) is 17.8 Å². The number of nitrogens with one attached hydrogen (secondary N) is 2. The highest BCUT2D eigenvalue weighted by Crippen LogP contribution is 2.25. The highest BCUT2D eigenvalue weighted by atomic mass is 19.4. The van der Waals surface area contributed by atoms with Crippen molar-refractivity contribution in [3.63, 3.8) is 0 Å². The molecule has 9 heteroatoms. The summed E-state index contributed by atoms with van der Waals surface area (Å²) in [4.78, 5) is 20.2. The highest BCUT2D eigenvalue weighted by molar-refractivity contribution is 6.06. The van der Waals surface area contributed by atoms with Gasteiger partial charge in [-0.25, -0.2) is 4.99 Å². The fourth-order valence-corrected chi connectivity index (χ4v) is 2.90. The molecule has 0 unspecified atom stereocenters. The van der Waals surface area contributed by atoms with Gasteiger partial charge in [-0.05, 0) is 29.8 Å². The summed E-state index contributed by atoms with van der Waals surface area (Å²) in [5.74, 6) is -0.537. The van der Waals surface area contributed by atoms with Crippen molar-refractivity contribution in [2.24, 2.45) is 4.99 Å². The van der Waals surface area contributed by atoms with Crippen molar-refractivity contribution < 1.29 is 18.0 Å². The quantitative estimate of drug-likeness (QED) is 0.696. The van der Waals surface area contributed by atoms with Crippen molar-refractivity contribution in [1.29, 1.82) is 0 Å². The molecule has 0 saturated carbocycles. The van der Waals surface area contributed by atoms with Crippen LogP contribution in [0.1, 0.15) is 16.9 Å². The maximum Gasteiger partial charge on any atom is 0.433 e. The van der Waals surface area contributed by atoms with Crippen molar-refractivity contribution in [2.75, 3.05) is 0 Å². The van der Waals surface area contributed by atoms with E-state index in [9.17, 15) is 18.0 Å². The lowest BCUT2D eigenvalue weighted by Gasteiger charge is -2.06. The predicted octanol–water partition coefficient (Wildman–Crippen LogP) is 4.16. The van der Waals surface area contributed by atoms with Gasteiger partial charge in [0.05, 0.1) is 5.52 Å². The fraction of sp³-hybridized carbons (Fsp3) is 0.100. The summed E-state index contributed by atoms with van der Waals surface area (Å²) in [5.41, 5.74) is 1.76. The Labute approximate surface area is 162 Å². The van der Waals surface area contributed by atoms with Gasteiger partial charge in [0, 0.05) is 41.7 Å². The molecule has 0 atom stereocenters. The van der Waals surface area contributed by atoms with Crippen LogP contribution in [0, 0.1) is 0 Å². The van der Waals surface area contributed by atoms with Crippen LogP contribution >= 0.6 is 0 Å². The normalized spacial score (nSPS) is 14.3. The maximum absolute atomic E-state index is 12.8. The largest absolute Gasteiger partial charge is 0.433 e. The zero-order chi connectivity index (χ0) is 20.4. The molecule has 1 aromatic carbocycles. The third-order valence-electron chi connectivity index (χ3n) is 4.31. The van der Waals surface area contributed by atoms with E-state index in [1.165, 1.54) is 6.08 Å². The Morgan fingerprint density at radius 2 is 2.03 bits per heavy atom. The molecule has 3 heterocycles. The van der Waals surface area contributed by atoms with Crippen LogP contribution < -0.4 is 5.32 Å².